The van der Waals surface area contributed by atoms with E-state index in [4.69, 9.17) is 10.5 Å². The summed E-state index contributed by atoms with van der Waals surface area (Å²) in [6.07, 6.45) is 5.58. The van der Waals surface area contributed by atoms with Crippen molar-refractivity contribution in [1.29, 1.82) is 0 Å². The maximum atomic E-state index is 12.9. The minimum Gasteiger partial charge on any atom is -0.464 e. The SMILES string of the molecule is CCOC(=O)C(Cc1ccccc1)NC(=O)C1CC2CCCC(C1)C2N.Cl. The lowest BCUT2D eigenvalue weighted by atomic mass is 9.65. The van der Waals surface area contributed by atoms with Gasteiger partial charge in [-0.25, -0.2) is 4.79 Å². The molecule has 1 aromatic carbocycles. The third kappa shape index (κ3) is 5.45. The van der Waals surface area contributed by atoms with Crippen LogP contribution >= 0.6 is 12.4 Å². The van der Waals surface area contributed by atoms with E-state index in [1.807, 2.05) is 30.3 Å². The van der Waals surface area contributed by atoms with Crippen molar-refractivity contribution >= 4 is 24.3 Å². The fraction of sp³-hybridized carbons (Fsp3) is 0.619. The molecule has 3 rings (SSSR count). The third-order valence-corrected chi connectivity index (χ3v) is 5.95. The number of hydrogen-bond donors (Lipinski definition) is 2. The summed E-state index contributed by atoms with van der Waals surface area (Å²) in [5.41, 5.74) is 7.34. The molecule has 0 heterocycles. The molecular formula is C21H31ClN2O3. The van der Waals surface area contributed by atoms with Crippen molar-refractivity contribution in [3.8, 4) is 0 Å². The summed E-state index contributed by atoms with van der Waals surface area (Å²) in [6, 6.07) is 9.32. The first-order chi connectivity index (χ1) is 12.6. The number of hydrogen-bond acceptors (Lipinski definition) is 4. The minimum atomic E-state index is -0.639. The van der Waals surface area contributed by atoms with Gasteiger partial charge in [0.15, 0.2) is 0 Å². The van der Waals surface area contributed by atoms with E-state index in [-0.39, 0.29) is 36.2 Å². The Hall–Kier alpha value is -1.59. The van der Waals surface area contributed by atoms with Gasteiger partial charge in [0.05, 0.1) is 6.61 Å². The zero-order valence-electron chi connectivity index (χ0n) is 15.9. The van der Waals surface area contributed by atoms with Crippen molar-refractivity contribution in [3.05, 3.63) is 35.9 Å². The van der Waals surface area contributed by atoms with Gasteiger partial charge < -0.3 is 15.8 Å². The third-order valence-electron chi connectivity index (χ3n) is 5.95. The largest absolute Gasteiger partial charge is 0.464 e. The maximum Gasteiger partial charge on any atom is 0.328 e. The number of rotatable bonds is 6. The second-order valence-electron chi connectivity index (χ2n) is 7.70. The molecule has 2 aliphatic carbocycles. The van der Waals surface area contributed by atoms with Crippen LogP contribution < -0.4 is 11.1 Å². The van der Waals surface area contributed by atoms with Crippen LogP contribution in [0, 0.1) is 17.8 Å². The van der Waals surface area contributed by atoms with Gasteiger partial charge in [0, 0.05) is 18.4 Å². The second-order valence-corrected chi connectivity index (χ2v) is 7.70. The predicted molar refractivity (Wildman–Crippen MR) is 107 cm³/mol. The first kappa shape index (κ1) is 21.7. The molecular weight excluding hydrogens is 364 g/mol. The van der Waals surface area contributed by atoms with E-state index in [0.29, 0.717) is 24.9 Å². The Morgan fingerprint density at radius 1 is 1.19 bits per heavy atom. The van der Waals surface area contributed by atoms with Crippen molar-refractivity contribution in [3.63, 3.8) is 0 Å². The minimum absolute atomic E-state index is 0. The molecule has 2 fully saturated rings. The van der Waals surface area contributed by atoms with Gasteiger partial charge in [-0.2, -0.15) is 0 Å². The van der Waals surface area contributed by atoms with E-state index in [2.05, 4.69) is 5.32 Å². The van der Waals surface area contributed by atoms with Gasteiger partial charge in [-0.3, -0.25) is 4.79 Å². The molecule has 6 heteroatoms. The van der Waals surface area contributed by atoms with Gasteiger partial charge in [-0.1, -0.05) is 36.8 Å². The fourth-order valence-electron chi connectivity index (χ4n) is 4.58. The van der Waals surface area contributed by atoms with E-state index in [0.717, 1.165) is 31.2 Å². The van der Waals surface area contributed by atoms with Crippen LogP contribution in [-0.4, -0.2) is 30.6 Å². The standard InChI is InChI=1S/C21H30N2O3.ClH/c1-2-26-21(25)18(11-14-7-4-3-5-8-14)23-20(24)17-12-15-9-6-10-16(13-17)19(15)22;/h3-5,7-8,15-19H,2,6,9-13,22H2,1H3,(H,23,24);1H. The number of amides is 1. The van der Waals surface area contributed by atoms with Gasteiger partial charge >= 0.3 is 5.97 Å². The van der Waals surface area contributed by atoms with Crippen LogP contribution in [0.15, 0.2) is 30.3 Å². The van der Waals surface area contributed by atoms with Crippen molar-refractivity contribution in [2.75, 3.05) is 6.61 Å². The van der Waals surface area contributed by atoms with E-state index >= 15 is 0 Å². The maximum absolute atomic E-state index is 12.9. The highest BCUT2D eigenvalue weighted by molar-refractivity contribution is 5.86. The molecule has 2 saturated carbocycles. The molecule has 0 aromatic heterocycles. The van der Waals surface area contributed by atoms with Crippen LogP contribution in [0.3, 0.4) is 0 Å². The zero-order chi connectivity index (χ0) is 18.5. The van der Waals surface area contributed by atoms with Gasteiger partial charge in [0.2, 0.25) is 5.91 Å². The second kappa shape index (κ2) is 10.1. The highest BCUT2D eigenvalue weighted by Crippen LogP contribution is 2.41. The van der Waals surface area contributed by atoms with Crippen molar-refractivity contribution in [1.82, 2.24) is 5.32 Å². The number of fused-ring (bicyclic) bond motifs is 2. The number of nitrogens with two attached hydrogens (primary N) is 1. The molecule has 27 heavy (non-hydrogen) atoms. The number of benzene rings is 1. The van der Waals surface area contributed by atoms with Crippen LogP contribution in [0.25, 0.3) is 0 Å². The monoisotopic (exact) mass is 394 g/mol. The Morgan fingerprint density at radius 2 is 1.81 bits per heavy atom. The number of ether oxygens (including phenoxy) is 1. The molecule has 0 spiro atoms. The lowest BCUT2D eigenvalue weighted by molar-refractivity contribution is -0.148. The van der Waals surface area contributed by atoms with Crippen molar-refractivity contribution in [2.45, 2.75) is 57.5 Å². The molecule has 5 nitrogen and oxygen atoms in total. The lowest BCUT2D eigenvalue weighted by Crippen LogP contribution is -2.51. The summed E-state index contributed by atoms with van der Waals surface area (Å²) in [5, 5.41) is 2.97. The number of esters is 1. The Bertz CT molecular complexity index is 611. The predicted octanol–water partition coefficient (Wildman–Crippen LogP) is 2.85. The molecule has 2 bridgehead atoms. The zero-order valence-corrected chi connectivity index (χ0v) is 16.8. The van der Waals surface area contributed by atoms with E-state index in [9.17, 15) is 9.59 Å². The summed E-state index contributed by atoms with van der Waals surface area (Å²) in [4.78, 5) is 25.2. The van der Waals surface area contributed by atoms with Gasteiger partial charge in [-0.15, -0.1) is 12.4 Å². The Balaban J connectivity index is 0.00000261. The average molecular weight is 395 g/mol. The van der Waals surface area contributed by atoms with Crippen molar-refractivity contribution in [2.24, 2.45) is 23.5 Å². The van der Waals surface area contributed by atoms with Crippen LogP contribution in [0.4, 0.5) is 0 Å². The van der Waals surface area contributed by atoms with Gasteiger partial charge in [0.1, 0.15) is 6.04 Å². The Labute approximate surface area is 167 Å². The summed E-state index contributed by atoms with van der Waals surface area (Å²) >= 11 is 0. The summed E-state index contributed by atoms with van der Waals surface area (Å²) < 4.78 is 5.18. The molecule has 3 atom stereocenters. The van der Waals surface area contributed by atoms with Crippen LogP contribution in [-0.2, 0) is 20.7 Å². The topological polar surface area (TPSA) is 81.4 Å². The Kier molecular flexibility index (Phi) is 8.11. The lowest BCUT2D eigenvalue weighted by Gasteiger charge is -2.43. The van der Waals surface area contributed by atoms with Crippen LogP contribution in [0.1, 0.15) is 44.6 Å². The van der Waals surface area contributed by atoms with Gasteiger partial charge in [-0.05, 0) is 50.0 Å². The first-order valence-corrected chi connectivity index (χ1v) is 9.85. The smallest absolute Gasteiger partial charge is 0.328 e. The quantitative estimate of drug-likeness (QED) is 0.727. The number of halogens is 1. The van der Waals surface area contributed by atoms with Crippen LogP contribution in [0.5, 0.6) is 0 Å². The molecule has 3 N–H and O–H groups in total. The van der Waals surface area contributed by atoms with Crippen molar-refractivity contribution < 1.29 is 14.3 Å². The number of carbonyl (C=O) groups excluding carboxylic acids is 2. The highest BCUT2D eigenvalue weighted by Gasteiger charge is 2.41. The molecule has 0 saturated heterocycles. The van der Waals surface area contributed by atoms with E-state index in [1.54, 1.807) is 6.92 Å². The van der Waals surface area contributed by atoms with Crippen LogP contribution in [0.2, 0.25) is 0 Å². The first-order valence-electron chi connectivity index (χ1n) is 9.85. The van der Waals surface area contributed by atoms with E-state index < -0.39 is 6.04 Å². The molecule has 2 aliphatic rings. The van der Waals surface area contributed by atoms with Gasteiger partial charge in [0.25, 0.3) is 0 Å². The Morgan fingerprint density at radius 3 is 2.41 bits per heavy atom. The molecule has 150 valence electrons. The molecule has 1 amide bonds. The normalized spacial score (nSPS) is 27.8. The average Bonchev–Trinajstić information content (AvgIpc) is 2.62. The highest BCUT2D eigenvalue weighted by atomic mass is 35.5. The number of carbonyl (C=O) groups is 2. The summed E-state index contributed by atoms with van der Waals surface area (Å²) in [5.74, 6) is 0.444. The number of nitrogens with one attached hydrogen (secondary N) is 1. The van der Waals surface area contributed by atoms with E-state index in [1.165, 1.54) is 6.42 Å². The molecule has 1 aromatic rings. The molecule has 0 aliphatic heterocycles. The summed E-state index contributed by atoms with van der Waals surface area (Å²) in [6.45, 7) is 2.09. The summed E-state index contributed by atoms with van der Waals surface area (Å²) in [7, 11) is 0. The fourth-order valence-corrected chi connectivity index (χ4v) is 4.58. The molecule has 3 unspecified atom stereocenters. The molecule has 0 radical (unpaired) electrons.